The summed E-state index contributed by atoms with van der Waals surface area (Å²) >= 11 is 0. The fourth-order valence-corrected chi connectivity index (χ4v) is 12.6. The maximum atomic E-state index is 13.3. The zero-order valence-electron chi connectivity index (χ0n) is 60.1. The quantitative estimate of drug-likeness (QED) is 0.0228. The topological polar surface area (TPSA) is 177 Å². The van der Waals surface area contributed by atoms with Gasteiger partial charge >= 0.3 is 0 Å². The van der Waals surface area contributed by atoms with E-state index >= 15 is 0 Å². The molecule has 2 unspecified atom stereocenters. The number of Topliss-reactive ketones (excluding diaryl/α,β-unsaturated/α-hetero) is 2. The Labute approximate surface area is 552 Å². The molecule has 2 aliphatic rings. The van der Waals surface area contributed by atoms with Crippen molar-refractivity contribution in [2.75, 3.05) is 26.4 Å². The summed E-state index contributed by atoms with van der Waals surface area (Å²) in [6, 6.07) is -1.12. The van der Waals surface area contributed by atoms with Crippen molar-refractivity contribution >= 4 is 31.7 Å². The van der Waals surface area contributed by atoms with Crippen molar-refractivity contribution in [2.24, 2.45) is 11.8 Å². The van der Waals surface area contributed by atoms with Crippen molar-refractivity contribution in [3.63, 3.8) is 0 Å². The van der Waals surface area contributed by atoms with Gasteiger partial charge in [-0.3, -0.25) is 23.9 Å². The maximum Gasteiger partial charge on any atom is 0.227 e. The molecule has 0 aromatic rings. The molecule has 0 radical (unpaired) electrons. The Morgan fingerprint density at radius 1 is 0.478 bits per heavy atom. The normalized spacial score (nSPS) is 22.0. The van der Waals surface area contributed by atoms with Crippen LogP contribution in [0.4, 0.5) is 4.70 Å². The number of ketones is 2. The highest BCUT2D eigenvalue weighted by Gasteiger charge is 2.49. The smallest absolute Gasteiger partial charge is 0.227 e. The highest BCUT2D eigenvalue weighted by atomic mass is 28.4. The van der Waals surface area contributed by atoms with E-state index in [0.717, 1.165) is 64.2 Å². The molecular formula is C74H141FN2O12Si. The van der Waals surface area contributed by atoms with E-state index in [9.17, 15) is 24.3 Å². The summed E-state index contributed by atoms with van der Waals surface area (Å²) in [4.78, 5) is 51.6. The van der Waals surface area contributed by atoms with Crippen LogP contribution >= 0.6 is 0 Å². The van der Waals surface area contributed by atoms with Crippen LogP contribution in [0.15, 0.2) is 24.7 Å². The van der Waals surface area contributed by atoms with Crippen LogP contribution in [0.1, 0.15) is 320 Å². The average Bonchev–Trinajstić information content (AvgIpc) is 0.912. The standard InChI is InChI=1S/C40H77NO6Si.C34H63NO6.FH/c1-10-13-15-17-19-21-22-24-26-28-34(42)31-36(43)41-37-38(44-30-27-25-23-20-18-16-14-11-2)33(4)35(47-39(37)45-29-12-3)32-46-48(8,9)40(5,6)7;1-5-8-10-12-14-16-17-19-21-23-29(37)26-31(38)35-32-33(39-25-22-20-18-15-13-11-9-6-2)28(4)30(27-36)41-34(32)40-24-7-3;/h12,29,33,35,37-39H,10-11,13-28,30-32H2,1-9H3,(H,41,43);7,24,28,30,32-34,36H,5-6,8-23,25-27H2,1-4H3,(H,35,38);1H/b29-12-;24-7-;/t33?,35-,37-,38+,39+;28?,30-,32-,33+,34+;/m11./s1. The Bertz CT molecular complexity index is 1820. The number of unbranched alkanes of at least 4 members (excludes halogenated alkanes) is 30. The van der Waals surface area contributed by atoms with Gasteiger partial charge in [-0.2, -0.15) is 0 Å². The van der Waals surface area contributed by atoms with Gasteiger partial charge < -0.3 is 48.6 Å². The second-order valence-corrected chi connectivity index (χ2v) is 32.5. The number of hydrogen-bond donors (Lipinski definition) is 3. The Hall–Kier alpha value is -2.73. The molecule has 2 rings (SSSR count). The van der Waals surface area contributed by atoms with Gasteiger partial charge in [0.25, 0.3) is 0 Å². The lowest BCUT2D eigenvalue weighted by Gasteiger charge is -2.46. The molecule has 0 aliphatic carbocycles. The molecule has 16 heteroatoms. The van der Waals surface area contributed by atoms with Crippen molar-refractivity contribution in [1.82, 2.24) is 10.6 Å². The summed E-state index contributed by atoms with van der Waals surface area (Å²) in [5, 5.41) is 16.1. The molecule has 0 bridgehead atoms. The fourth-order valence-electron chi connectivity index (χ4n) is 11.6. The van der Waals surface area contributed by atoms with Gasteiger partial charge in [0.15, 0.2) is 8.32 Å². The zero-order chi connectivity index (χ0) is 66.0. The van der Waals surface area contributed by atoms with Gasteiger partial charge in [-0.05, 0) is 57.7 Å². The molecule has 0 aromatic carbocycles. The Morgan fingerprint density at radius 3 is 1.09 bits per heavy atom. The van der Waals surface area contributed by atoms with Crippen LogP contribution in [0.2, 0.25) is 18.1 Å². The summed E-state index contributed by atoms with van der Waals surface area (Å²) in [6.45, 7) is 29.4. The third-order valence-corrected chi connectivity index (χ3v) is 23.0. The first-order chi connectivity index (χ1) is 42.8. The summed E-state index contributed by atoms with van der Waals surface area (Å²) in [5.41, 5.74) is 0. The molecule has 3 N–H and O–H groups in total. The molecular weight excluding hydrogens is 1160 g/mol. The predicted octanol–water partition coefficient (Wildman–Crippen LogP) is 18.7. The fraction of sp³-hybridized carbons (Fsp3) is 0.892. The minimum Gasteiger partial charge on any atom is -0.471 e. The Balaban J connectivity index is 0.00000176. The number of hydrogen-bond acceptors (Lipinski definition) is 12. The molecule has 2 aliphatic heterocycles. The van der Waals surface area contributed by atoms with E-state index in [1.807, 2.05) is 26.8 Å². The second-order valence-electron chi connectivity index (χ2n) is 27.7. The zero-order valence-corrected chi connectivity index (χ0v) is 61.1. The molecule has 2 heterocycles. The van der Waals surface area contributed by atoms with E-state index in [4.69, 9.17) is 32.8 Å². The van der Waals surface area contributed by atoms with Crippen LogP contribution in [-0.4, -0.2) is 112 Å². The number of amides is 2. The summed E-state index contributed by atoms with van der Waals surface area (Å²) in [7, 11) is -2.01. The number of carbonyl (C=O) groups is 4. The number of halogens is 1. The first-order valence-corrected chi connectivity index (χ1v) is 39.7. The third kappa shape index (κ3) is 40.5. The number of aliphatic hydroxyl groups is 1. The number of allylic oxidation sites excluding steroid dienone is 2. The lowest BCUT2D eigenvalue weighted by molar-refractivity contribution is -0.245. The van der Waals surface area contributed by atoms with Crippen LogP contribution in [0, 0.1) is 11.8 Å². The SMILES string of the molecule is C/C=C\O[C@H]1O[C@H](CO)C(C)[C@H](OCCCCCCCCCC)[C@H]1NC(=O)CC(=O)CCCCCCCCCCC.C/C=C\O[C@H]1O[C@H](CO[Si](C)(C)C(C)(C)C)C(C)[C@H](OCCCCCCCCCC)[C@H]1NC(=O)CC(=O)CCCCCCCCCCC.F. The van der Waals surface area contributed by atoms with Crippen LogP contribution in [0.25, 0.3) is 0 Å². The number of carbonyl (C=O) groups excluding carboxylic acids is 4. The molecule has 2 fully saturated rings. The van der Waals surface area contributed by atoms with Gasteiger partial charge in [-0.25, -0.2) is 0 Å². The average molecular weight is 1300 g/mol. The van der Waals surface area contributed by atoms with Crippen LogP contribution in [-0.2, 0) is 52.0 Å². The predicted molar refractivity (Wildman–Crippen MR) is 372 cm³/mol. The molecule has 0 aromatic heterocycles. The lowest BCUT2D eigenvalue weighted by Crippen LogP contribution is -2.63. The molecule has 10 atom stereocenters. The van der Waals surface area contributed by atoms with E-state index in [1.165, 1.54) is 160 Å². The van der Waals surface area contributed by atoms with Gasteiger partial charge in [0.2, 0.25) is 24.4 Å². The van der Waals surface area contributed by atoms with Crippen molar-refractivity contribution in [3.05, 3.63) is 24.7 Å². The van der Waals surface area contributed by atoms with E-state index in [2.05, 4.69) is 79.1 Å². The first kappa shape index (κ1) is 87.3. The monoisotopic (exact) mass is 1300 g/mol. The van der Waals surface area contributed by atoms with Crippen molar-refractivity contribution in [2.45, 2.75) is 387 Å². The molecule has 0 spiro atoms. The molecule has 90 heavy (non-hydrogen) atoms. The van der Waals surface area contributed by atoms with Gasteiger partial charge in [-0.15, -0.1) is 0 Å². The molecule has 530 valence electrons. The van der Waals surface area contributed by atoms with Gasteiger partial charge in [0, 0.05) is 37.9 Å². The van der Waals surface area contributed by atoms with Gasteiger partial charge in [0.1, 0.15) is 23.7 Å². The van der Waals surface area contributed by atoms with Crippen LogP contribution in [0.5, 0.6) is 0 Å². The molecule has 2 saturated heterocycles. The molecule has 0 saturated carbocycles. The van der Waals surface area contributed by atoms with E-state index in [1.54, 1.807) is 12.3 Å². The van der Waals surface area contributed by atoms with Crippen LogP contribution < -0.4 is 10.6 Å². The lowest BCUT2D eigenvalue weighted by atomic mass is 9.89. The maximum absolute atomic E-state index is 13.3. The molecule has 14 nitrogen and oxygen atoms in total. The second kappa shape index (κ2) is 55.5. The highest BCUT2D eigenvalue weighted by molar-refractivity contribution is 6.74. The van der Waals surface area contributed by atoms with E-state index in [0.29, 0.717) is 32.7 Å². The highest BCUT2D eigenvalue weighted by Crippen LogP contribution is 2.38. The Morgan fingerprint density at radius 2 is 0.778 bits per heavy atom. The van der Waals surface area contributed by atoms with Crippen molar-refractivity contribution < 1.29 is 61.8 Å². The largest absolute Gasteiger partial charge is 0.471 e. The first-order valence-electron chi connectivity index (χ1n) is 36.8. The Kier molecular flexibility index (Phi) is 53.9. The molecule has 2 amide bonds. The summed E-state index contributed by atoms with van der Waals surface area (Å²) < 4.78 is 43.9. The number of nitrogens with one attached hydrogen (secondary N) is 2. The minimum absolute atomic E-state index is 0. The number of rotatable bonds is 54. The van der Waals surface area contributed by atoms with Gasteiger partial charge in [0.05, 0.1) is 63.0 Å². The van der Waals surface area contributed by atoms with Crippen molar-refractivity contribution in [1.29, 1.82) is 0 Å². The number of aliphatic hydroxyl groups excluding tert-OH is 1. The number of ether oxygens (including phenoxy) is 6. The third-order valence-electron chi connectivity index (χ3n) is 18.5. The summed E-state index contributed by atoms with van der Waals surface area (Å²) in [6.07, 6.45) is 45.3. The van der Waals surface area contributed by atoms with Crippen LogP contribution in [0.3, 0.4) is 0 Å². The van der Waals surface area contributed by atoms with E-state index < -0.39 is 45.2 Å². The summed E-state index contributed by atoms with van der Waals surface area (Å²) in [5.74, 6) is -0.861. The van der Waals surface area contributed by atoms with Crippen molar-refractivity contribution in [3.8, 4) is 0 Å². The van der Waals surface area contributed by atoms with E-state index in [-0.39, 0.29) is 76.6 Å². The van der Waals surface area contributed by atoms with Gasteiger partial charge in [-0.1, -0.05) is 267 Å². The minimum atomic E-state index is -2.01.